The molecule has 11 heteroatoms. The second-order valence-electron chi connectivity index (χ2n) is 7.06. The van der Waals surface area contributed by atoms with Gasteiger partial charge in [0.1, 0.15) is 12.6 Å². The number of carbonyl (C=O) groups is 3. The lowest BCUT2D eigenvalue weighted by Crippen LogP contribution is -2.58. The van der Waals surface area contributed by atoms with E-state index in [4.69, 9.17) is 14.7 Å². The van der Waals surface area contributed by atoms with Gasteiger partial charge in [0.05, 0.1) is 12.2 Å². The minimum atomic E-state index is -5.31. The number of ether oxygens (including phenoxy) is 1. The molecule has 8 nitrogen and oxygen atoms in total. The van der Waals surface area contributed by atoms with Gasteiger partial charge in [-0.3, -0.25) is 9.63 Å². The fourth-order valence-electron chi connectivity index (χ4n) is 3.24. The number of para-hydroxylation sites is 1. The number of Topliss-reactive ketones (excluding diaryl/α,β-unsaturated/α-hetero) is 1. The van der Waals surface area contributed by atoms with Crippen LogP contribution in [0.3, 0.4) is 0 Å². The van der Waals surface area contributed by atoms with Gasteiger partial charge in [-0.05, 0) is 24.5 Å². The van der Waals surface area contributed by atoms with Crippen molar-refractivity contribution in [3.8, 4) is 0 Å². The van der Waals surface area contributed by atoms with Crippen LogP contribution in [0, 0.1) is 5.92 Å². The van der Waals surface area contributed by atoms with E-state index in [9.17, 15) is 27.6 Å². The summed E-state index contributed by atoms with van der Waals surface area (Å²) in [6, 6.07) is 6.72. The summed E-state index contributed by atoms with van der Waals surface area (Å²) in [5, 5.41) is 12.1. The van der Waals surface area contributed by atoms with Crippen LogP contribution in [0.5, 0.6) is 0 Å². The molecule has 1 aliphatic heterocycles. The van der Waals surface area contributed by atoms with Gasteiger partial charge in [0.2, 0.25) is 5.78 Å². The van der Waals surface area contributed by atoms with E-state index in [1.54, 1.807) is 30.3 Å². The van der Waals surface area contributed by atoms with Crippen molar-refractivity contribution in [3.63, 3.8) is 0 Å². The lowest BCUT2D eigenvalue weighted by atomic mass is 9.87. The van der Waals surface area contributed by atoms with Crippen LogP contribution in [0.25, 0.3) is 0 Å². The van der Waals surface area contributed by atoms with E-state index in [2.05, 4.69) is 0 Å². The van der Waals surface area contributed by atoms with Gasteiger partial charge in [-0.1, -0.05) is 31.0 Å². The Labute approximate surface area is 163 Å². The van der Waals surface area contributed by atoms with Gasteiger partial charge in [0.15, 0.2) is 5.60 Å². The number of hydrogen-bond donors (Lipinski definition) is 2. The number of carboxylic acid groups (broad SMARTS) is 1. The van der Waals surface area contributed by atoms with Gasteiger partial charge in [-0.2, -0.15) is 13.2 Å². The molecule has 2 atom stereocenters. The second kappa shape index (κ2) is 7.90. The monoisotopic (exact) mass is 416 g/mol. The maximum Gasteiger partial charge on any atom is 0.490 e. The van der Waals surface area contributed by atoms with Crippen LogP contribution in [0.2, 0.25) is 0 Å². The molecule has 2 aliphatic rings. The highest BCUT2D eigenvalue weighted by Crippen LogP contribution is 2.41. The Morgan fingerprint density at radius 2 is 1.93 bits per heavy atom. The van der Waals surface area contributed by atoms with Crippen LogP contribution in [0.15, 0.2) is 30.3 Å². The van der Waals surface area contributed by atoms with Crippen molar-refractivity contribution in [2.75, 3.05) is 18.2 Å². The number of nitrogens with zero attached hydrogens (tertiary/aromatic N) is 1. The standard InChI is InChI=1S/C18H19F3N2O6/c19-18(20,21)15(25)29-17(8-11-6-7-11)10-23(12-4-2-1-3-5-12)28-9-13(14(17)24)22-16(26)27/h1-5,11,13,22H,6-10H2,(H,26,27)/t13-,17?/m1/s1. The predicted molar refractivity (Wildman–Crippen MR) is 91.9 cm³/mol. The first kappa shape index (κ1) is 20.9. The van der Waals surface area contributed by atoms with Gasteiger partial charge in [-0.15, -0.1) is 0 Å². The predicted octanol–water partition coefficient (Wildman–Crippen LogP) is 2.29. The van der Waals surface area contributed by atoms with Crippen LogP contribution in [0.1, 0.15) is 19.3 Å². The maximum absolute atomic E-state index is 13.1. The van der Waals surface area contributed by atoms with Crippen molar-refractivity contribution in [1.29, 1.82) is 0 Å². The zero-order chi connectivity index (χ0) is 21.2. The van der Waals surface area contributed by atoms with E-state index < -0.39 is 48.8 Å². The summed E-state index contributed by atoms with van der Waals surface area (Å²) in [5.41, 5.74) is -1.80. The molecule has 1 aromatic rings. The van der Waals surface area contributed by atoms with Crippen LogP contribution >= 0.6 is 0 Å². The van der Waals surface area contributed by atoms with Gasteiger partial charge >= 0.3 is 18.2 Å². The molecule has 1 saturated heterocycles. The third kappa shape index (κ3) is 4.97. The van der Waals surface area contributed by atoms with E-state index in [-0.39, 0.29) is 12.3 Å². The number of nitrogens with one attached hydrogen (secondary N) is 1. The number of hydroxylamine groups is 1. The summed E-state index contributed by atoms with van der Waals surface area (Å²) in [6.07, 6.45) is -5.68. The van der Waals surface area contributed by atoms with Crippen molar-refractivity contribution < 1.29 is 42.2 Å². The Morgan fingerprint density at radius 1 is 1.28 bits per heavy atom. The number of carbonyl (C=O) groups excluding carboxylic acids is 2. The Morgan fingerprint density at radius 3 is 2.48 bits per heavy atom. The molecule has 158 valence electrons. The Bertz CT molecular complexity index is 784. The SMILES string of the molecule is O=C(O)N[C@@H]1CON(c2ccccc2)CC(CC2CC2)(OC(=O)C(F)(F)F)C1=O. The number of benzene rings is 1. The summed E-state index contributed by atoms with van der Waals surface area (Å²) < 4.78 is 43.6. The normalized spacial score (nSPS) is 25.3. The molecule has 1 saturated carbocycles. The molecule has 0 spiro atoms. The molecular weight excluding hydrogens is 397 g/mol. The van der Waals surface area contributed by atoms with Crippen LogP contribution < -0.4 is 10.4 Å². The summed E-state index contributed by atoms with van der Waals surface area (Å²) in [7, 11) is 0. The van der Waals surface area contributed by atoms with Gasteiger partial charge < -0.3 is 15.2 Å². The molecule has 2 N–H and O–H groups in total. The average molecular weight is 416 g/mol. The van der Waals surface area contributed by atoms with Crippen LogP contribution in [-0.4, -0.2) is 53.9 Å². The Hall–Kier alpha value is -2.82. The molecule has 2 fully saturated rings. The van der Waals surface area contributed by atoms with E-state index in [1.807, 2.05) is 5.32 Å². The highest BCUT2D eigenvalue weighted by Gasteiger charge is 2.56. The molecule has 1 aliphatic carbocycles. The number of anilines is 1. The minimum absolute atomic E-state index is 0.110. The van der Waals surface area contributed by atoms with E-state index in [0.29, 0.717) is 18.5 Å². The Balaban J connectivity index is 2.01. The second-order valence-corrected chi connectivity index (χ2v) is 7.06. The number of esters is 1. The summed E-state index contributed by atoms with van der Waals surface area (Å²) in [5.74, 6) is -3.58. The third-order valence-corrected chi connectivity index (χ3v) is 4.74. The van der Waals surface area contributed by atoms with Crippen molar-refractivity contribution in [1.82, 2.24) is 5.32 Å². The zero-order valence-electron chi connectivity index (χ0n) is 15.1. The van der Waals surface area contributed by atoms with Crippen LogP contribution in [0.4, 0.5) is 23.7 Å². The van der Waals surface area contributed by atoms with E-state index in [0.717, 1.165) is 5.06 Å². The van der Waals surface area contributed by atoms with Crippen molar-refractivity contribution >= 4 is 23.5 Å². The molecule has 29 heavy (non-hydrogen) atoms. The highest BCUT2D eigenvalue weighted by atomic mass is 19.4. The number of amides is 1. The molecule has 0 radical (unpaired) electrons. The number of alkyl halides is 3. The number of hydrogen-bond acceptors (Lipinski definition) is 6. The molecule has 1 unspecified atom stereocenters. The number of rotatable bonds is 5. The van der Waals surface area contributed by atoms with Crippen molar-refractivity contribution in [3.05, 3.63) is 30.3 Å². The van der Waals surface area contributed by atoms with E-state index in [1.165, 1.54) is 0 Å². The lowest BCUT2D eigenvalue weighted by Gasteiger charge is -2.35. The van der Waals surface area contributed by atoms with Gasteiger partial charge in [0.25, 0.3) is 0 Å². The fourth-order valence-corrected chi connectivity index (χ4v) is 3.24. The largest absolute Gasteiger partial charge is 0.490 e. The quantitative estimate of drug-likeness (QED) is 0.710. The first-order valence-corrected chi connectivity index (χ1v) is 8.90. The molecule has 3 rings (SSSR count). The minimum Gasteiger partial charge on any atom is -0.465 e. The Kier molecular flexibility index (Phi) is 5.69. The zero-order valence-corrected chi connectivity index (χ0v) is 15.1. The number of halogens is 3. The van der Waals surface area contributed by atoms with Crippen LogP contribution in [-0.2, 0) is 19.2 Å². The van der Waals surface area contributed by atoms with Gasteiger partial charge in [0, 0.05) is 0 Å². The fraction of sp³-hybridized carbons (Fsp3) is 0.500. The molecule has 1 heterocycles. The summed E-state index contributed by atoms with van der Waals surface area (Å²) in [6.45, 7) is -0.956. The summed E-state index contributed by atoms with van der Waals surface area (Å²) >= 11 is 0. The molecule has 1 aromatic carbocycles. The van der Waals surface area contributed by atoms with Gasteiger partial charge in [-0.25, -0.2) is 14.7 Å². The summed E-state index contributed by atoms with van der Waals surface area (Å²) in [4.78, 5) is 41.4. The highest BCUT2D eigenvalue weighted by molar-refractivity contribution is 5.97. The molecule has 1 amide bonds. The molecular formula is C18H19F3N2O6. The maximum atomic E-state index is 13.1. The first-order valence-electron chi connectivity index (χ1n) is 8.90. The first-order chi connectivity index (χ1) is 13.6. The lowest BCUT2D eigenvalue weighted by molar-refractivity contribution is -0.214. The molecule has 0 aromatic heterocycles. The topological polar surface area (TPSA) is 105 Å². The van der Waals surface area contributed by atoms with E-state index >= 15 is 0 Å². The average Bonchev–Trinajstić information content (AvgIpc) is 3.47. The van der Waals surface area contributed by atoms with Crippen molar-refractivity contribution in [2.24, 2.45) is 5.92 Å². The number of ketones is 1. The molecule has 0 bridgehead atoms. The van der Waals surface area contributed by atoms with Crippen molar-refractivity contribution in [2.45, 2.75) is 37.1 Å². The smallest absolute Gasteiger partial charge is 0.465 e. The third-order valence-electron chi connectivity index (χ3n) is 4.74.